The van der Waals surface area contributed by atoms with E-state index in [4.69, 9.17) is 0 Å². The summed E-state index contributed by atoms with van der Waals surface area (Å²) >= 11 is 0. The van der Waals surface area contributed by atoms with Crippen molar-refractivity contribution in [3.63, 3.8) is 0 Å². The number of aldehydes is 2. The van der Waals surface area contributed by atoms with Gasteiger partial charge in [0.05, 0.1) is 0 Å². The van der Waals surface area contributed by atoms with Gasteiger partial charge in [-0.15, -0.1) is 0 Å². The van der Waals surface area contributed by atoms with Crippen molar-refractivity contribution in [1.29, 1.82) is 0 Å². The fraction of sp³-hybridized carbons (Fsp3) is 0.714. The maximum Gasteiger partial charge on any atom is 0.124 e. The Labute approximate surface area is 61.0 Å². The highest BCUT2D eigenvalue weighted by Gasteiger charge is 2.06. The molecule has 0 bridgehead atoms. The van der Waals surface area contributed by atoms with E-state index in [2.05, 4.69) is 0 Å². The van der Waals surface area contributed by atoms with E-state index in [1.54, 1.807) is 0 Å². The molecule has 10 heavy (non-hydrogen) atoms. The van der Waals surface area contributed by atoms with Gasteiger partial charge in [-0.25, -0.2) is 0 Å². The Hall–Kier alpha value is -0.700. The SMILES string of the molecule is CN(C)CC(C=O)CC=O. The minimum atomic E-state index is -0.132. The van der Waals surface area contributed by atoms with Gasteiger partial charge in [0.1, 0.15) is 12.6 Å². The molecule has 3 heteroatoms. The first-order chi connectivity index (χ1) is 4.70. The molecule has 0 rings (SSSR count). The topological polar surface area (TPSA) is 37.4 Å². The van der Waals surface area contributed by atoms with Crippen molar-refractivity contribution in [2.24, 2.45) is 5.92 Å². The molecule has 1 atom stereocenters. The molecule has 0 saturated heterocycles. The summed E-state index contributed by atoms with van der Waals surface area (Å²) in [6.45, 7) is 0.655. The number of carbonyl (C=O) groups is 2. The lowest BCUT2D eigenvalue weighted by atomic mass is 10.1. The normalized spacial score (nSPS) is 13.1. The lowest BCUT2D eigenvalue weighted by molar-refractivity contribution is -0.115. The van der Waals surface area contributed by atoms with Crippen LogP contribution in [0.5, 0.6) is 0 Å². The first kappa shape index (κ1) is 9.30. The fourth-order valence-electron chi connectivity index (χ4n) is 0.766. The quantitative estimate of drug-likeness (QED) is 0.506. The molecule has 0 heterocycles. The Kier molecular flexibility index (Phi) is 4.76. The van der Waals surface area contributed by atoms with E-state index in [0.29, 0.717) is 13.0 Å². The Bertz CT molecular complexity index is 112. The molecule has 0 saturated carbocycles. The fourth-order valence-corrected chi connectivity index (χ4v) is 0.766. The van der Waals surface area contributed by atoms with Gasteiger partial charge in [0.2, 0.25) is 0 Å². The Morgan fingerprint density at radius 2 is 2.00 bits per heavy atom. The largest absolute Gasteiger partial charge is 0.309 e. The Balaban J connectivity index is 3.59. The third-order valence-electron chi connectivity index (χ3n) is 1.19. The third kappa shape index (κ3) is 4.21. The van der Waals surface area contributed by atoms with Crippen LogP contribution in [-0.2, 0) is 9.59 Å². The average molecular weight is 143 g/mol. The second-order valence-corrected chi connectivity index (χ2v) is 2.56. The van der Waals surface area contributed by atoms with Gasteiger partial charge >= 0.3 is 0 Å². The first-order valence-electron chi connectivity index (χ1n) is 3.24. The van der Waals surface area contributed by atoms with Crippen molar-refractivity contribution in [2.45, 2.75) is 6.42 Å². The third-order valence-corrected chi connectivity index (χ3v) is 1.19. The van der Waals surface area contributed by atoms with Gasteiger partial charge in [0.25, 0.3) is 0 Å². The summed E-state index contributed by atoms with van der Waals surface area (Å²) in [5.74, 6) is -0.132. The maximum atomic E-state index is 10.2. The molecule has 0 aliphatic rings. The molecule has 0 fully saturated rings. The van der Waals surface area contributed by atoms with E-state index in [1.807, 2.05) is 19.0 Å². The molecule has 58 valence electrons. The average Bonchev–Trinajstić information content (AvgIpc) is 1.86. The van der Waals surface area contributed by atoms with Gasteiger partial charge in [-0.05, 0) is 14.1 Å². The maximum absolute atomic E-state index is 10.2. The minimum Gasteiger partial charge on any atom is -0.309 e. The van der Waals surface area contributed by atoms with E-state index in [1.165, 1.54) is 0 Å². The summed E-state index contributed by atoms with van der Waals surface area (Å²) in [4.78, 5) is 22.1. The monoisotopic (exact) mass is 143 g/mol. The molecule has 0 aromatic carbocycles. The number of nitrogens with zero attached hydrogens (tertiary/aromatic N) is 1. The van der Waals surface area contributed by atoms with Crippen LogP contribution in [0.15, 0.2) is 0 Å². The summed E-state index contributed by atoms with van der Waals surface area (Å²) in [5, 5.41) is 0. The lowest BCUT2D eigenvalue weighted by Gasteiger charge is -2.12. The van der Waals surface area contributed by atoms with Crippen LogP contribution >= 0.6 is 0 Å². The minimum absolute atomic E-state index is 0.132. The zero-order valence-corrected chi connectivity index (χ0v) is 6.41. The van der Waals surface area contributed by atoms with Gasteiger partial charge in [0.15, 0.2) is 0 Å². The van der Waals surface area contributed by atoms with Gasteiger partial charge in [0, 0.05) is 18.9 Å². The predicted octanol–water partition coefficient (Wildman–Crippen LogP) is -0.0479. The standard InChI is InChI=1S/C7H13NO2/c1-8(2)5-7(6-10)3-4-9/h4,6-7H,3,5H2,1-2H3. The first-order valence-corrected chi connectivity index (χ1v) is 3.24. The molecule has 0 aliphatic carbocycles. The molecule has 0 aliphatic heterocycles. The van der Waals surface area contributed by atoms with Crippen molar-refractivity contribution in [3.05, 3.63) is 0 Å². The summed E-state index contributed by atoms with van der Waals surface area (Å²) in [7, 11) is 3.75. The zero-order chi connectivity index (χ0) is 7.98. The van der Waals surface area contributed by atoms with Crippen LogP contribution in [-0.4, -0.2) is 38.1 Å². The molecule has 0 amide bonds. The van der Waals surface area contributed by atoms with Crippen LogP contribution in [0.2, 0.25) is 0 Å². The molecule has 0 N–H and O–H groups in total. The van der Waals surface area contributed by atoms with Gasteiger partial charge in [-0.1, -0.05) is 0 Å². The van der Waals surface area contributed by atoms with E-state index >= 15 is 0 Å². The second-order valence-electron chi connectivity index (χ2n) is 2.56. The van der Waals surface area contributed by atoms with Crippen LogP contribution in [0, 0.1) is 5.92 Å². The second kappa shape index (κ2) is 5.11. The van der Waals surface area contributed by atoms with Crippen LogP contribution in [0.1, 0.15) is 6.42 Å². The molecular weight excluding hydrogens is 130 g/mol. The highest BCUT2D eigenvalue weighted by Crippen LogP contribution is 1.96. The van der Waals surface area contributed by atoms with Crippen LogP contribution in [0.25, 0.3) is 0 Å². The van der Waals surface area contributed by atoms with Crippen molar-refractivity contribution >= 4 is 12.6 Å². The number of carbonyl (C=O) groups excluding carboxylic acids is 2. The summed E-state index contributed by atoms with van der Waals surface area (Å²) in [5.41, 5.74) is 0. The highest BCUT2D eigenvalue weighted by atomic mass is 16.1. The van der Waals surface area contributed by atoms with E-state index in [0.717, 1.165) is 12.6 Å². The molecular formula is C7H13NO2. The summed E-state index contributed by atoms with van der Waals surface area (Å²) in [6.07, 6.45) is 1.94. The Morgan fingerprint density at radius 1 is 1.40 bits per heavy atom. The van der Waals surface area contributed by atoms with E-state index < -0.39 is 0 Å². The summed E-state index contributed by atoms with van der Waals surface area (Å²) < 4.78 is 0. The zero-order valence-electron chi connectivity index (χ0n) is 6.41. The number of rotatable bonds is 5. The van der Waals surface area contributed by atoms with Crippen molar-refractivity contribution in [3.8, 4) is 0 Å². The van der Waals surface area contributed by atoms with Gasteiger partial charge < -0.3 is 14.5 Å². The van der Waals surface area contributed by atoms with E-state index in [-0.39, 0.29) is 5.92 Å². The molecule has 0 aromatic rings. The Morgan fingerprint density at radius 3 is 2.30 bits per heavy atom. The van der Waals surface area contributed by atoms with Crippen molar-refractivity contribution < 1.29 is 9.59 Å². The smallest absolute Gasteiger partial charge is 0.124 e. The summed E-state index contributed by atoms with van der Waals surface area (Å²) in [6, 6.07) is 0. The highest BCUT2D eigenvalue weighted by molar-refractivity contribution is 5.62. The molecule has 1 unspecified atom stereocenters. The van der Waals surface area contributed by atoms with Gasteiger partial charge in [-0.3, -0.25) is 0 Å². The molecule has 0 spiro atoms. The van der Waals surface area contributed by atoms with Gasteiger partial charge in [-0.2, -0.15) is 0 Å². The predicted molar refractivity (Wildman–Crippen MR) is 38.8 cm³/mol. The van der Waals surface area contributed by atoms with Crippen LogP contribution < -0.4 is 0 Å². The number of hydrogen-bond donors (Lipinski definition) is 0. The molecule has 0 radical (unpaired) electrons. The van der Waals surface area contributed by atoms with Crippen LogP contribution in [0.4, 0.5) is 0 Å². The molecule has 0 aromatic heterocycles. The lowest BCUT2D eigenvalue weighted by Crippen LogP contribution is -2.22. The van der Waals surface area contributed by atoms with Crippen LogP contribution in [0.3, 0.4) is 0 Å². The van der Waals surface area contributed by atoms with Crippen molar-refractivity contribution in [1.82, 2.24) is 4.90 Å². The van der Waals surface area contributed by atoms with E-state index in [9.17, 15) is 9.59 Å². The number of hydrogen-bond acceptors (Lipinski definition) is 3. The molecule has 3 nitrogen and oxygen atoms in total. The van der Waals surface area contributed by atoms with Crippen molar-refractivity contribution in [2.75, 3.05) is 20.6 Å².